The standard InChI is InChI=1S/C14H20BrFN2/c1-14(17-2)5-7-18(8-6-14)10-11-9-12(15)3-4-13(11)16/h3-4,9,17H,5-8,10H2,1-2H3. The first-order valence-corrected chi connectivity index (χ1v) is 7.17. The molecular formula is C14H20BrFN2. The molecule has 0 spiro atoms. The zero-order valence-electron chi connectivity index (χ0n) is 11.0. The molecule has 4 heteroatoms. The number of hydrogen-bond donors (Lipinski definition) is 1. The van der Waals surface area contributed by atoms with E-state index in [1.54, 1.807) is 6.07 Å². The van der Waals surface area contributed by atoms with Gasteiger partial charge in [0, 0.05) is 35.2 Å². The van der Waals surface area contributed by atoms with Crippen LogP contribution >= 0.6 is 15.9 Å². The molecule has 0 atom stereocenters. The average molecular weight is 315 g/mol. The lowest BCUT2D eigenvalue weighted by molar-refractivity contribution is 0.145. The summed E-state index contributed by atoms with van der Waals surface area (Å²) in [6.45, 7) is 4.99. The van der Waals surface area contributed by atoms with Crippen molar-refractivity contribution in [1.29, 1.82) is 0 Å². The van der Waals surface area contributed by atoms with E-state index in [2.05, 4.69) is 33.1 Å². The quantitative estimate of drug-likeness (QED) is 0.922. The zero-order chi connectivity index (χ0) is 13.2. The molecule has 1 aliphatic heterocycles. The van der Waals surface area contributed by atoms with Crippen LogP contribution in [-0.4, -0.2) is 30.6 Å². The second-order valence-corrected chi connectivity index (χ2v) is 6.24. The molecule has 0 bridgehead atoms. The summed E-state index contributed by atoms with van der Waals surface area (Å²) in [5.41, 5.74) is 1.02. The summed E-state index contributed by atoms with van der Waals surface area (Å²) < 4.78 is 14.6. The van der Waals surface area contributed by atoms with Gasteiger partial charge in [0.15, 0.2) is 0 Å². The van der Waals surface area contributed by atoms with E-state index in [0.717, 1.165) is 36.0 Å². The molecule has 0 aromatic heterocycles. The number of likely N-dealkylation sites (tertiary alicyclic amines) is 1. The molecule has 1 fully saturated rings. The van der Waals surface area contributed by atoms with Gasteiger partial charge in [-0.1, -0.05) is 15.9 Å². The molecule has 18 heavy (non-hydrogen) atoms. The van der Waals surface area contributed by atoms with Crippen LogP contribution in [0, 0.1) is 5.82 Å². The molecule has 0 radical (unpaired) electrons. The third-order valence-corrected chi connectivity index (χ3v) is 4.46. The summed E-state index contributed by atoms with van der Waals surface area (Å²) in [7, 11) is 2.02. The van der Waals surface area contributed by atoms with E-state index in [9.17, 15) is 4.39 Å². The zero-order valence-corrected chi connectivity index (χ0v) is 12.6. The molecular weight excluding hydrogens is 295 g/mol. The smallest absolute Gasteiger partial charge is 0.127 e. The highest BCUT2D eigenvalue weighted by Crippen LogP contribution is 2.24. The van der Waals surface area contributed by atoms with Crippen molar-refractivity contribution >= 4 is 15.9 Å². The number of rotatable bonds is 3. The summed E-state index contributed by atoms with van der Waals surface area (Å²) >= 11 is 3.40. The van der Waals surface area contributed by atoms with Crippen molar-refractivity contribution in [3.05, 3.63) is 34.1 Å². The lowest BCUT2D eigenvalue weighted by Gasteiger charge is -2.39. The predicted molar refractivity (Wildman–Crippen MR) is 76.1 cm³/mol. The molecule has 0 aliphatic carbocycles. The summed E-state index contributed by atoms with van der Waals surface area (Å²) in [5, 5.41) is 3.38. The Bertz CT molecular complexity index is 414. The van der Waals surface area contributed by atoms with Gasteiger partial charge in [0.2, 0.25) is 0 Å². The minimum Gasteiger partial charge on any atom is -0.314 e. The topological polar surface area (TPSA) is 15.3 Å². The van der Waals surface area contributed by atoms with Crippen LogP contribution < -0.4 is 5.32 Å². The Kier molecular flexibility index (Phi) is 4.41. The molecule has 100 valence electrons. The van der Waals surface area contributed by atoms with E-state index >= 15 is 0 Å². The number of halogens is 2. The van der Waals surface area contributed by atoms with Crippen LogP contribution in [-0.2, 0) is 6.54 Å². The predicted octanol–water partition coefficient (Wildman–Crippen LogP) is 3.16. The number of hydrogen-bond acceptors (Lipinski definition) is 2. The van der Waals surface area contributed by atoms with Crippen molar-refractivity contribution < 1.29 is 4.39 Å². The van der Waals surface area contributed by atoms with Crippen molar-refractivity contribution in [3.63, 3.8) is 0 Å². The maximum Gasteiger partial charge on any atom is 0.127 e. The van der Waals surface area contributed by atoms with Gasteiger partial charge in [-0.25, -0.2) is 4.39 Å². The van der Waals surface area contributed by atoms with Crippen LogP contribution in [0.15, 0.2) is 22.7 Å². The van der Waals surface area contributed by atoms with Crippen molar-refractivity contribution in [2.75, 3.05) is 20.1 Å². The first-order valence-electron chi connectivity index (χ1n) is 6.38. The molecule has 0 unspecified atom stereocenters. The van der Waals surface area contributed by atoms with Gasteiger partial charge in [-0.05, 0) is 45.0 Å². The SMILES string of the molecule is CNC1(C)CCN(Cc2cc(Br)ccc2F)CC1. The van der Waals surface area contributed by atoms with Crippen LogP contribution in [0.2, 0.25) is 0 Å². The van der Waals surface area contributed by atoms with E-state index in [0.29, 0.717) is 6.54 Å². The highest BCUT2D eigenvalue weighted by molar-refractivity contribution is 9.10. The number of piperidine rings is 1. The normalized spacial score (nSPS) is 20.0. The molecule has 1 saturated heterocycles. The Morgan fingerprint density at radius 1 is 1.39 bits per heavy atom. The second kappa shape index (κ2) is 5.68. The minimum atomic E-state index is -0.111. The maximum atomic E-state index is 13.7. The Morgan fingerprint density at radius 3 is 2.67 bits per heavy atom. The van der Waals surface area contributed by atoms with Crippen molar-refractivity contribution in [3.8, 4) is 0 Å². The third-order valence-electron chi connectivity index (χ3n) is 3.96. The molecule has 1 N–H and O–H groups in total. The van der Waals surface area contributed by atoms with E-state index in [1.807, 2.05) is 13.1 Å². The Hall–Kier alpha value is -0.450. The Labute approximate surface area is 117 Å². The lowest BCUT2D eigenvalue weighted by atomic mass is 9.90. The van der Waals surface area contributed by atoms with E-state index in [4.69, 9.17) is 0 Å². The van der Waals surface area contributed by atoms with Gasteiger partial charge in [0.05, 0.1) is 0 Å². The van der Waals surface area contributed by atoms with Gasteiger partial charge >= 0.3 is 0 Å². The summed E-state index contributed by atoms with van der Waals surface area (Å²) in [5.74, 6) is -0.111. The largest absolute Gasteiger partial charge is 0.314 e. The van der Waals surface area contributed by atoms with Crippen LogP contribution in [0.1, 0.15) is 25.3 Å². The van der Waals surface area contributed by atoms with Crippen molar-refractivity contribution in [1.82, 2.24) is 10.2 Å². The lowest BCUT2D eigenvalue weighted by Crippen LogP contribution is -2.49. The monoisotopic (exact) mass is 314 g/mol. The number of benzene rings is 1. The molecule has 2 rings (SSSR count). The molecule has 1 aromatic rings. The highest BCUT2D eigenvalue weighted by Gasteiger charge is 2.28. The minimum absolute atomic E-state index is 0.111. The fraction of sp³-hybridized carbons (Fsp3) is 0.571. The number of nitrogens with zero attached hydrogens (tertiary/aromatic N) is 1. The molecule has 1 heterocycles. The van der Waals surface area contributed by atoms with Crippen LogP contribution in [0.25, 0.3) is 0 Å². The van der Waals surface area contributed by atoms with Gasteiger partial charge < -0.3 is 5.32 Å². The third kappa shape index (κ3) is 3.31. The Morgan fingerprint density at radius 2 is 2.06 bits per heavy atom. The fourth-order valence-electron chi connectivity index (χ4n) is 2.36. The van der Waals surface area contributed by atoms with Gasteiger partial charge in [0.25, 0.3) is 0 Å². The summed E-state index contributed by atoms with van der Waals surface area (Å²) in [6, 6.07) is 5.15. The maximum absolute atomic E-state index is 13.7. The van der Waals surface area contributed by atoms with E-state index in [1.165, 1.54) is 6.07 Å². The van der Waals surface area contributed by atoms with E-state index in [-0.39, 0.29) is 11.4 Å². The first-order chi connectivity index (χ1) is 8.52. The summed E-state index contributed by atoms with van der Waals surface area (Å²) in [6.07, 6.45) is 2.22. The molecule has 0 amide bonds. The highest BCUT2D eigenvalue weighted by atomic mass is 79.9. The van der Waals surface area contributed by atoms with Gasteiger partial charge in [0.1, 0.15) is 5.82 Å². The summed E-state index contributed by atoms with van der Waals surface area (Å²) in [4.78, 5) is 2.32. The molecule has 2 nitrogen and oxygen atoms in total. The van der Waals surface area contributed by atoms with Gasteiger partial charge in [-0.2, -0.15) is 0 Å². The van der Waals surface area contributed by atoms with Crippen LogP contribution in [0.3, 0.4) is 0 Å². The average Bonchev–Trinajstić information content (AvgIpc) is 2.37. The van der Waals surface area contributed by atoms with Crippen molar-refractivity contribution in [2.24, 2.45) is 0 Å². The van der Waals surface area contributed by atoms with Crippen molar-refractivity contribution in [2.45, 2.75) is 31.8 Å². The number of nitrogens with one attached hydrogen (secondary N) is 1. The fourth-order valence-corrected chi connectivity index (χ4v) is 2.77. The molecule has 1 aliphatic rings. The second-order valence-electron chi connectivity index (χ2n) is 5.32. The van der Waals surface area contributed by atoms with Gasteiger partial charge in [-0.3, -0.25) is 4.90 Å². The van der Waals surface area contributed by atoms with Crippen LogP contribution in [0.4, 0.5) is 4.39 Å². The van der Waals surface area contributed by atoms with Gasteiger partial charge in [-0.15, -0.1) is 0 Å². The molecule has 1 aromatic carbocycles. The Balaban J connectivity index is 1.97. The first kappa shape index (κ1) is 14.0. The molecule has 0 saturated carbocycles. The van der Waals surface area contributed by atoms with Crippen LogP contribution in [0.5, 0.6) is 0 Å². The van der Waals surface area contributed by atoms with E-state index < -0.39 is 0 Å².